The molecule has 0 aliphatic heterocycles. The van der Waals surface area contributed by atoms with Crippen molar-refractivity contribution in [2.75, 3.05) is 13.7 Å². The third-order valence-electron chi connectivity index (χ3n) is 2.63. The number of benzene rings is 1. The van der Waals surface area contributed by atoms with Gasteiger partial charge in [0.15, 0.2) is 11.5 Å². The zero-order valence-electron chi connectivity index (χ0n) is 11.9. The van der Waals surface area contributed by atoms with Gasteiger partial charge in [-0.2, -0.15) is 0 Å². The molecule has 0 aliphatic rings. The average Bonchev–Trinajstić information content (AvgIpc) is 2.45. The van der Waals surface area contributed by atoms with E-state index in [0.29, 0.717) is 24.7 Å². The molecular formula is C14H18BrNO5. The van der Waals surface area contributed by atoms with Crippen molar-refractivity contribution in [2.24, 2.45) is 0 Å². The molecule has 116 valence electrons. The number of hydrogen-bond donors (Lipinski definition) is 2. The van der Waals surface area contributed by atoms with Crippen LogP contribution in [0.1, 0.15) is 25.3 Å². The molecule has 0 spiro atoms. The van der Waals surface area contributed by atoms with Gasteiger partial charge in [-0.1, -0.05) is 0 Å². The first-order valence-electron chi connectivity index (χ1n) is 6.45. The summed E-state index contributed by atoms with van der Waals surface area (Å²) >= 11 is 3.40. The van der Waals surface area contributed by atoms with E-state index in [4.69, 9.17) is 14.6 Å². The summed E-state index contributed by atoms with van der Waals surface area (Å²) in [7, 11) is 1.54. The highest BCUT2D eigenvalue weighted by atomic mass is 79.9. The summed E-state index contributed by atoms with van der Waals surface area (Å²) in [6.07, 6.45) is -0.215. The van der Waals surface area contributed by atoms with Crippen LogP contribution in [0.4, 0.5) is 0 Å². The average molecular weight is 360 g/mol. The monoisotopic (exact) mass is 359 g/mol. The van der Waals surface area contributed by atoms with Crippen LogP contribution in [0, 0.1) is 0 Å². The molecule has 0 bridgehead atoms. The van der Waals surface area contributed by atoms with Crippen LogP contribution in [-0.2, 0) is 16.1 Å². The Labute approximate surface area is 131 Å². The summed E-state index contributed by atoms with van der Waals surface area (Å²) in [5.41, 5.74) is 0.825. The summed E-state index contributed by atoms with van der Waals surface area (Å²) in [6, 6.07) is 3.60. The van der Waals surface area contributed by atoms with Gasteiger partial charge in [-0.15, -0.1) is 0 Å². The van der Waals surface area contributed by atoms with Gasteiger partial charge in [0.25, 0.3) is 0 Å². The predicted molar refractivity (Wildman–Crippen MR) is 80.6 cm³/mol. The van der Waals surface area contributed by atoms with E-state index in [-0.39, 0.29) is 18.7 Å². The molecular weight excluding hydrogens is 342 g/mol. The number of carbonyl (C=O) groups excluding carboxylic acids is 1. The second kappa shape index (κ2) is 8.51. The van der Waals surface area contributed by atoms with Gasteiger partial charge in [-0.3, -0.25) is 9.59 Å². The second-order valence-electron chi connectivity index (χ2n) is 4.21. The van der Waals surface area contributed by atoms with Crippen molar-refractivity contribution in [1.82, 2.24) is 5.32 Å². The van der Waals surface area contributed by atoms with Crippen LogP contribution in [-0.4, -0.2) is 30.7 Å². The highest BCUT2D eigenvalue weighted by molar-refractivity contribution is 9.10. The van der Waals surface area contributed by atoms with Gasteiger partial charge >= 0.3 is 5.97 Å². The van der Waals surface area contributed by atoms with Crippen LogP contribution in [0.15, 0.2) is 16.6 Å². The van der Waals surface area contributed by atoms with Crippen LogP contribution in [0.25, 0.3) is 0 Å². The number of carbonyl (C=O) groups is 2. The van der Waals surface area contributed by atoms with Crippen LogP contribution in [0.3, 0.4) is 0 Å². The molecule has 7 heteroatoms. The maximum atomic E-state index is 11.5. The molecule has 1 aromatic carbocycles. The van der Waals surface area contributed by atoms with Crippen molar-refractivity contribution in [3.05, 3.63) is 22.2 Å². The molecule has 0 fully saturated rings. The Hall–Kier alpha value is -1.76. The molecule has 0 aliphatic carbocycles. The lowest BCUT2D eigenvalue weighted by Crippen LogP contribution is -2.23. The summed E-state index contributed by atoms with van der Waals surface area (Å²) < 4.78 is 11.5. The van der Waals surface area contributed by atoms with Gasteiger partial charge in [0.1, 0.15) is 0 Å². The first kappa shape index (κ1) is 17.3. The number of nitrogens with one attached hydrogen (secondary N) is 1. The Bertz CT molecular complexity index is 518. The molecule has 21 heavy (non-hydrogen) atoms. The highest BCUT2D eigenvalue weighted by Crippen LogP contribution is 2.36. The van der Waals surface area contributed by atoms with Gasteiger partial charge in [-0.25, -0.2) is 0 Å². The van der Waals surface area contributed by atoms with E-state index < -0.39 is 5.97 Å². The van der Waals surface area contributed by atoms with Gasteiger partial charge in [-0.05, 0) is 40.5 Å². The molecule has 1 rings (SSSR count). The smallest absolute Gasteiger partial charge is 0.303 e. The minimum atomic E-state index is -0.990. The van der Waals surface area contributed by atoms with Crippen molar-refractivity contribution in [2.45, 2.75) is 26.3 Å². The largest absolute Gasteiger partial charge is 0.493 e. The molecule has 0 radical (unpaired) electrons. The van der Waals surface area contributed by atoms with Crippen molar-refractivity contribution in [3.63, 3.8) is 0 Å². The lowest BCUT2D eigenvalue weighted by atomic mass is 10.2. The fraction of sp³-hybridized carbons (Fsp3) is 0.429. The van der Waals surface area contributed by atoms with E-state index in [2.05, 4.69) is 21.2 Å². The molecule has 0 atom stereocenters. The number of aliphatic carboxylic acids is 1. The van der Waals surface area contributed by atoms with Crippen LogP contribution in [0.5, 0.6) is 11.5 Å². The summed E-state index contributed by atoms with van der Waals surface area (Å²) in [5, 5.41) is 11.2. The van der Waals surface area contributed by atoms with E-state index in [1.807, 2.05) is 13.0 Å². The number of methoxy groups -OCH3 is 1. The van der Waals surface area contributed by atoms with Gasteiger partial charge in [0.2, 0.25) is 5.91 Å². The molecule has 2 N–H and O–H groups in total. The second-order valence-corrected chi connectivity index (χ2v) is 5.07. The van der Waals surface area contributed by atoms with Crippen LogP contribution < -0.4 is 14.8 Å². The zero-order valence-corrected chi connectivity index (χ0v) is 13.5. The Kier molecular flexibility index (Phi) is 7.01. The highest BCUT2D eigenvalue weighted by Gasteiger charge is 2.12. The minimum absolute atomic E-state index is 0.0370. The molecule has 0 unspecified atom stereocenters. The van der Waals surface area contributed by atoms with Crippen molar-refractivity contribution in [3.8, 4) is 11.5 Å². The molecule has 0 aromatic heterocycles. The Morgan fingerprint density at radius 1 is 1.33 bits per heavy atom. The number of halogens is 1. The first-order valence-corrected chi connectivity index (χ1v) is 7.25. The number of carboxylic acids is 1. The van der Waals surface area contributed by atoms with Crippen LogP contribution >= 0.6 is 15.9 Å². The number of rotatable bonds is 8. The maximum Gasteiger partial charge on any atom is 0.303 e. The summed E-state index contributed by atoms with van der Waals surface area (Å²) in [5.74, 6) is -0.112. The first-order chi connectivity index (χ1) is 9.97. The standard InChI is InChI=1S/C14H18BrNO5/c1-3-21-14-10(15)6-9(7-11(14)20-2)8-16-12(17)4-5-13(18)19/h6-7H,3-5,8H2,1-2H3,(H,16,17)(H,18,19). The van der Waals surface area contributed by atoms with Gasteiger partial charge in [0.05, 0.1) is 24.6 Å². The number of amides is 1. The topological polar surface area (TPSA) is 84.9 Å². The number of carboxylic acid groups (broad SMARTS) is 1. The van der Waals surface area contributed by atoms with Gasteiger partial charge < -0.3 is 19.9 Å². The third-order valence-corrected chi connectivity index (χ3v) is 3.22. The van der Waals surface area contributed by atoms with Crippen molar-refractivity contribution in [1.29, 1.82) is 0 Å². The molecule has 0 saturated heterocycles. The van der Waals surface area contributed by atoms with E-state index in [9.17, 15) is 9.59 Å². The molecule has 1 aromatic rings. The summed E-state index contributed by atoms with van der Waals surface area (Å²) in [6.45, 7) is 2.68. The predicted octanol–water partition coefficient (Wildman–Crippen LogP) is 2.34. The summed E-state index contributed by atoms with van der Waals surface area (Å²) in [4.78, 5) is 21.9. The van der Waals surface area contributed by atoms with Gasteiger partial charge in [0, 0.05) is 13.0 Å². The van der Waals surface area contributed by atoms with Crippen LogP contribution in [0.2, 0.25) is 0 Å². The Balaban J connectivity index is 2.69. The van der Waals surface area contributed by atoms with Crippen molar-refractivity contribution >= 4 is 27.8 Å². The molecule has 0 heterocycles. The molecule has 0 saturated carbocycles. The third kappa shape index (κ3) is 5.63. The maximum absolute atomic E-state index is 11.5. The molecule has 1 amide bonds. The Morgan fingerprint density at radius 3 is 2.62 bits per heavy atom. The van der Waals surface area contributed by atoms with Crippen molar-refractivity contribution < 1.29 is 24.2 Å². The van der Waals surface area contributed by atoms with E-state index in [1.165, 1.54) is 0 Å². The fourth-order valence-corrected chi connectivity index (χ4v) is 2.27. The Morgan fingerprint density at radius 2 is 2.05 bits per heavy atom. The molecule has 6 nitrogen and oxygen atoms in total. The van der Waals surface area contributed by atoms with E-state index in [0.717, 1.165) is 10.0 Å². The SMILES string of the molecule is CCOc1c(Br)cc(CNC(=O)CCC(=O)O)cc1OC. The lowest BCUT2D eigenvalue weighted by Gasteiger charge is -2.13. The quantitative estimate of drug-likeness (QED) is 0.743. The zero-order chi connectivity index (χ0) is 15.8. The van der Waals surface area contributed by atoms with E-state index >= 15 is 0 Å². The van der Waals surface area contributed by atoms with E-state index in [1.54, 1.807) is 13.2 Å². The lowest BCUT2D eigenvalue weighted by molar-refractivity contribution is -0.138. The minimum Gasteiger partial charge on any atom is -0.493 e. The normalized spacial score (nSPS) is 10.0. The number of hydrogen-bond acceptors (Lipinski definition) is 4. The number of ether oxygens (including phenoxy) is 2. The fourth-order valence-electron chi connectivity index (χ4n) is 1.67.